The van der Waals surface area contributed by atoms with Crippen LogP contribution >= 0.6 is 11.3 Å². The van der Waals surface area contributed by atoms with Crippen LogP contribution in [0.25, 0.3) is 10.9 Å². The summed E-state index contributed by atoms with van der Waals surface area (Å²) in [6.45, 7) is 3.54. The summed E-state index contributed by atoms with van der Waals surface area (Å²) in [6.07, 6.45) is 6.50. The summed E-state index contributed by atoms with van der Waals surface area (Å²) in [5, 5.41) is 1.31. The number of aromatic nitrogens is 2. The van der Waals surface area contributed by atoms with E-state index in [9.17, 15) is 13.6 Å². The minimum atomic E-state index is -2.48. The van der Waals surface area contributed by atoms with Crippen LogP contribution in [0.15, 0.2) is 36.5 Å². The molecule has 0 radical (unpaired) electrons. The van der Waals surface area contributed by atoms with Crippen LogP contribution in [-0.2, 0) is 6.42 Å². The van der Waals surface area contributed by atoms with Crippen LogP contribution in [0, 0.1) is 11.8 Å². The Balaban J connectivity index is 1.09. The van der Waals surface area contributed by atoms with Gasteiger partial charge in [-0.25, -0.2) is 13.8 Å². The summed E-state index contributed by atoms with van der Waals surface area (Å²) in [5.74, 6) is 1.38. The maximum absolute atomic E-state index is 13.1. The van der Waals surface area contributed by atoms with Crippen LogP contribution in [0.3, 0.4) is 0 Å². The van der Waals surface area contributed by atoms with Gasteiger partial charge in [-0.05, 0) is 63.1 Å². The summed E-state index contributed by atoms with van der Waals surface area (Å²) >= 11 is 1.41. The highest BCUT2D eigenvalue weighted by atomic mass is 32.1. The van der Waals surface area contributed by atoms with E-state index >= 15 is 0 Å². The standard InChI is InChI=1S/C28H33F2N3O2S/c1-18-27-25(36-28(32-27)35-17-26(29)30)12-15-33(18)14-11-19-7-9-20(10-8-19)16-24(34)22-4-2-6-23-21(22)5-3-13-31-23/h2-6,13,18-20,26H,7-12,14-17H2,1H3. The van der Waals surface area contributed by atoms with Gasteiger partial charge in [-0.15, -0.1) is 0 Å². The number of ether oxygens (including phenoxy) is 1. The summed E-state index contributed by atoms with van der Waals surface area (Å²) in [6, 6.07) is 9.86. The van der Waals surface area contributed by atoms with E-state index in [0.717, 1.165) is 65.8 Å². The normalized spacial score (nSPS) is 22.6. The van der Waals surface area contributed by atoms with E-state index in [4.69, 9.17) is 4.74 Å². The van der Waals surface area contributed by atoms with Crippen molar-refractivity contribution in [1.29, 1.82) is 0 Å². The Morgan fingerprint density at radius 1 is 1.17 bits per heavy atom. The minimum Gasteiger partial charge on any atom is -0.464 e. The number of ketones is 1. The van der Waals surface area contributed by atoms with Gasteiger partial charge in [-0.1, -0.05) is 42.4 Å². The van der Waals surface area contributed by atoms with Crippen molar-refractivity contribution in [2.75, 3.05) is 19.7 Å². The van der Waals surface area contributed by atoms with E-state index in [1.807, 2.05) is 30.3 Å². The predicted octanol–water partition coefficient (Wildman–Crippen LogP) is 6.72. The van der Waals surface area contributed by atoms with Gasteiger partial charge in [0.2, 0.25) is 0 Å². The Hall–Kier alpha value is -2.45. The van der Waals surface area contributed by atoms with Gasteiger partial charge in [0, 0.05) is 35.0 Å². The van der Waals surface area contributed by atoms with Crippen molar-refractivity contribution in [3.05, 3.63) is 52.7 Å². The molecule has 1 aliphatic carbocycles. The zero-order valence-corrected chi connectivity index (χ0v) is 21.5. The molecule has 36 heavy (non-hydrogen) atoms. The lowest BCUT2D eigenvalue weighted by molar-refractivity contribution is 0.0814. The molecule has 1 saturated carbocycles. The van der Waals surface area contributed by atoms with Crippen LogP contribution in [0.5, 0.6) is 5.19 Å². The molecule has 2 aliphatic rings. The first-order chi connectivity index (χ1) is 17.5. The maximum Gasteiger partial charge on any atom is 0.273 e. The fourth-order valence-corrected chi connectivity index (χ4v) is 6.75. The molecular formula is C28H33F2N3O2S. The second-order valence-electron chi connectivity index (χ2n) is 10.1. The number of hydrogen-bond donors (Lipinski definition) is 0. The van der Waals surface area contributed by atoms with E-state index in [0.29, 0.717) is 23.5 Å². The molecular weight excluding hydrogens is 480 g/mol. The van der Waals surface area contributed by atoms with E-state index in [1.54, 1.807) is 6.20 Å². The predicted molar refractivity (Wildman–Crippen MR) is 138 cm³/mol. The first kappa shape index (κ1) is 25.2. The number of halogens is 2. The molecule has 0 bridgehead atoms. The molecule has 1 fully saturated rings. The molecule has 2 aromatic heterocycles. The molecule has 192 valence electrons. The molecule has 1 aromatic carbocycles. The van der Waals surface area contributed by atoms with Crippen molar-refractivity contribution in [2.24, 2.45) is 11.8 Å². The first-order valence-electron chi connectivity index (χ1n) is 13.0. The Morgan fingerprint density at radius 3 is 2.78 bits per heavy atom. The van der Waals surface area contributed by atoms with Crippen molar-refractivity contribution in [2.45, 2.75) is 64.3 Å². The van der Waals surface area contributed by atoms with Gasteiger partial charge in [-0.3, -0.25) is 14.7 Å². The number of rotatable bonds is 9. The lowest BCUT2D eigenvalue weighted by atomic mass is 9.78. The Kier molecular flexibility index (Phi) is 7.91. The van der Waals surface area contributed by atoms with Gasteiger partial charge in [0.15, 0.2) is 12.4 Å². The third-order valence-corrected chi connectivity index (χ3v) is 8.86. The van der Waals surface area contributed by atoms with E-state index < -0.39 is 13.0 Å². The molecule has 3 heterocycles. The van der Waals surface area contributed by atoms with Crippen LogP contribution in [-0.4, -0.2) is 46.8 Å². The molecule has 1 atom stereocenters. The zero-order valence-electron chi connectivity index (χ0n) is 20.7. The molecule has 8 heteroatoms. The number of carbonyl (C=O) groups is 1. The molecule has 5 rings (SSSR count). The van der Waals surface area contributed by atoms with Crippen molar-refractivity contribution in [3.8, 4) is 5.19 Å². The molecule has 0 N–H and O–H groups in total. The number of Topliss-reactive ketones (excluding diaryl/α,β-unsaturated/α-hetero) is 1. The summed E-state index contributed by atoms with van der Waals surface area (Å²) in [4.78, 5) is 25.6. The Morgan fingerprint density at radius 2 is 1.97 bits per heavy atom. The average molecular weight is 514 g/mol. The SMILES string of the molecule is CC1c2nc(OCC(F)F)sc2CCN1CCC1CCC(CC(=O)c2cccc3ncccc23)CC1. The highest BCUT2D eigenvalue weighted by Crippen LogP contribution is 2.38. The quantitative estimate of drug-likeness (QED) is 0.297. The number of alkyl halides is 2. The van der Waals surface area contributed by atoms with E-state index in [2.05, 4.69) is 21.8 Å². The lowest BCUT2D eigenvalue weighted by Gasteiger charge is -2.35. The second kappa shape index (κ2) is 11.3. The topological polar surface area (TPSA) is 55.3 Å². The number of hydrogen-bond acceptors (Lipinski definition) is 6. The van der Waals surface area contributed by atoms with Gasteiger partial charge in [0.1, 0.15) is 0 Å². The molecule has 0 saturated heterocycles. The zero-order chi connectivity index (χ0) is 25.1. The minimum absolute atomic E-state index is 0.179. The van der Waals surface area contributed by atoms with E-state index in [1.165, 1.54) is 24.2 Å². The summed E-state index contributed by atoms with van der Waals surface area (Å²) in [7, 11) is 0. The molecule has 0 spiro atoms. The highest BCUT2D eigenvalue weighted by molar-refractivity contribution is 7.13. The molecule has 3 aromatic rings. The largest absolute Gasteiger partial charge is 0.464 e. The monoisotopic (exact) mass is 513 g/mol. The van der Waals surface area contributed by atoms with Gasteiger partial charge in [-0.2, -0.15) is 0 Å². The van der Waals surface area contributed by atoms with Crippen molar-refractivity contribution in [1.82, 2.24) is 14.9 Å². The molecule has 0 amide bonds. The van der Waals surface area contributed by atoms with Gasteiger partial charge >= 0.3 is 0 Å². The third kappa shape index (κ3) is 5.75. The summed E-state index contributed by atoms with van der Waals surface area (Å²) in [5.41, 5.74) is 2.66. The number of thiazole rings is 1. The van der Waals surface area contributed by atoms with Gasteiger partial charge in [0.05, 0.1) is 17.3 Å². The summed E-state index contributed by atoms with van der Waals surface area (Å²) < 4.78 is 30.1. The number of nitrogens with zero attached hydrogens (tertiary/aromatic N) is 3. The number of carbonyl (C=O) groups excluding carboxylic acids is 1. The van der Waals surface area contributed by atoms with Gasteiger partial charge < -0.3 is 4.74 Å². The lowest BCUT2D eigenvalue weighted by Crippen LogP contribution is -2.35. The second-order valence-corrected chi connectivity index (χ2v) is 11.2. The fourth-order valence-electron chi connectivity index (χ4n) is 5.75. The Labute approximate surface area is 214 Å². The van der Waals surface area contributed by atoms with Crippen molar-refractivity contribution in [3.63, 3.8) is 0 Å². The number of pyridine rings is 1. The van der Waals surface area contributed by atoms with Crippen LogP contribution < -0.4 is 4.74 Å². The Bertz CT molecular complexity index is 1190. The molecule has 5 nitrogen and oxygen atoms in total. The van der Waals surface area contributed by atoms with Crippen molar-refractivity contribution < 1.29 is 18.3 Å². The maximum atomic E-state index is 13.1. The number of fused-ring (bicyclic) bond motifs is 2. The first-order valence-corrected chi connectivity index (χ1v) is 13.8. The van der Waals surface area contributed by atoms with Crippen LogP contribution in [0.1, 0.15) is 72.4 Å². The van der Waals surface area contributed by atoms with Crippen LogP contribution in [0.4, 0.5) is 8.78 Å². The van der Waals surface area contributed by atoms with E-state index in [-0.39, 0.29) is 11.8 Å². The highest BCUT2D eigenvalue weighted by Gasteiger charge is 2.30. The van der Waals surface area contributed by atoms with Crippen molar-refractivity contribution >= 4 is 28.0 Å². The average Bonchev–Trinajstić information content (AvgIpc) is 3.32. The fraction of sp³-hybridized carbons (Fsp3) is 0.536. The van der Waals surface area contributed by atoms with Crippen LogP contribution in [0.2, 0.25) is 0 Å². The van der Waals surface area contributed by atoms with Gasteiger partial charge in [0.25, 0.3) is 11.6 Å². The smallest absolute Gasteiger partial charge is 0.273 e. The number of benzene rings is 1. The molecule has 1 unspecified atom stereocenters. The third-order valence-electron chi connectivity index (χ3n) is 7.82. The molecule has 1 aliphatic heterocycles.